The lowest BCUT2D eigenvalue weighted by atomic mass is 10.1. The Hall–Kier alpha value is -2.06. The van der Waals surface area contributed by atoms with E-state index in [1.807, 2.05) is 37.1 Å². The Kier molecular flexibility index (Phi) is 7.40. The van der Waals surface area contributed by atoms with Gasteiger partial charge in [-0.25, -0.2) is 5.01 Å². The van der Waals surface area contributed by atoms with Crippen LogP contribution in [-0.4, -0.2) is 61.6 Å². The van der Waals surface area contributed by atoms with E-state index in [4.69, 9.17) is 25.8 Å². The maximum atomic E-state index is 13.2. The highest BCUT2D eigenvalue weighted by atomic mass is 35.5. The summed E-state index contributed by atoms with van der Waals surface area (Å²) < 4.78 is 19.3. The van der Waals surface area contributed by atoms with Crippen molar-refractivity contribution in [2.75, 3.05) is 40.0 Å². The summed E-state index contributed by atoms with van der Waals surface area (Å²) in [5.74, 6) is 0.622. The lowest BCUT2D eigenvalue weighted by Gasteiger charge is -2.27. The molecule has 174 valence electrons. The van der Waals surface area contributed by atoms with E-state index in [9.17, 15) is 4.79 Å². The molecule has 3 heterocycles. The molecule has 1 N–H and O–H groups in total. The van der Waals surface area contributed by atoms with Gasteiger partial charge in [0, 0.05) is 29.4 Å². The number of nitrogens with zero attached hydrogens (tertiary/aromatic N) is 2. The number of aromatic nitrogens is 1. The maximum absolute atomic E-state index is 13.2. The van der Waals surface area contributed by atoms with Gasteiger partial charge in [-0.3, -0.25) is 10.2 Å². The lowest BCUT2D eigenvalue weighted by Crippen LogP contribution is -2.45. The Morgan fingerprint density at radius 1 is 1.19 bits per heavy atom. The van der Waals surface area contributed by atoms with Gasteiger partial charge < -0.3 is 18.8 Å². The van der Waals surface area contributed by atoms with Crippen molar-refractivity contribution >= 4 is 17.5 Å². The van der Waals surface area contributed by atoms with Crippen LogP contribution >= 0.6 is 11.6 Å². The number of hydrogen-bond donors (Lipinski definition) is 1. The Balaban J connectivity index is 1.73. The van der Waals surface area contributed by atoms with Gasteiger partial charge in [0.2, 0.25) is 0 Å². The number of benzene rings is 1. The number of aryl methyl sites for hydroxylation is 1. The average Bonchev–Trinajstić information content (AvgIpc) is 3.12. The summed E-state index contributed by atoms with van der Waals surface area (Å²) in [6.07, 6.45) is 3.33. The Bertz CT molecular complexity index is 963. The van der Waals surface area contributed by atoms with Crippen molar-refractivity contribution in [2.45, 2.75) is 45.8 Å². The van der Waals surface area contributed by atoms with Crippen LogP contribution in [-0.2, 0) is 16.0 Å². The molecule has 1 aromatic carbocycles. The minimum Gasteiger partial charge on any atom is -0.496 e. The smallest absolute Gasteiger partial charge is 0.267 e. The van der Waals surface area contributed by atoms with Gasteiger partial charge in [0.25, 0.3) is 5.91 Å². The van der Waals surface area contributed by atoms with Gasteiger partial charge in [0.15, 0.2) is 0 Å². The first-order valence-corrected chi connectivity index (χ1v) is 11.7. The van der Waals surface area contributed by atoms with Crippen molar-refractivity contribution in [1.82, 2.24) is 15.0 Å². The van der Waals surface area contributed by atoms with Gasteiger partial charge in [-0.1, -0.05) is 18.0 Å². The highest BCUT2D eigenvalue weighted by Crippen LogP contribution is 2.37. The van der Waals surface area contributed by atoms with Gasteiger partial charge >= 0.3 is 0 Å². The Morgan fingerprint density at radius 2 is 1.97 bits per heavy atom. The molecule has 2 fully saturated rings. The van der Waals surface area contributed by atoms with Crippen LogP contribution in [0.3, 0.4) is 0 Å². The molecule has 2 saturated heterocycles. The topological polar surface area (TPSA) is 65.0 Å². The molecule has 8 heteroatoms. The first kappa shape index (κ1) is 23.1. The zero-order valence-corrected chi connectivity index (χ0v) is 19.8. The summed E-state index contributed by atoms with van der Waals surface area (Å²) in [4.78, 5) is 13.2. The normalized spacial score (nSPS) is 19.7. The molecule has 2 aliphatic heterocycles. The summed E-state index contributed by atoms with van der Waals surface area (Å²) in [5, 5.41) is 2.67. The summed E-state index contributed by atoms with van der Waals surface area (Å²) >= 11 is 6.48. The fourth-order valence-electron chi connectivity index (χ4n) is 4.41. The van der Waals surface area contributed by atoms with Crippen molar-refractivity contribution in [3.05, 3.63) is 40.0 Å². The molecule has 0 radical (unpaired) electrons. The predicted molar refractivity (Wildman–Crippen MR) is 124 cm³/mol. The highest BCUT2D eigenvalue weighted by Gasteiger charge is 2.25. The largest absolute Gasteiger partial charge is 0.496 e. The molecule has 0 bridgehead atoms. The van der Waals surface area contributed by atoms with Crippen molar-refractivity contribution in [3.8, 4) is 17.0 Å². The number of amides is 1. The Labute approximate surface area is 194 Å². The zero-order chi connectivity index (χ0) is 22.7. The van der Waals surface area contributed by atoms with Crippen molar-refractivity contribution in [3.63, 3.8) is 0 Å². The molecule has 1 amide bonds. The minimum absolute atomic E-state index is 0.0847. The number of rotatable bonds is 6. The zero-order valence-electron chi connectivity index (χ0n) is 19.1. The molecule has 1 aromatic heterocycles. The standard InChI is InChI=1S/C24H32ClN3O4/c1-16-11-23(30-3)20(12-21(16)25)22-13-19(24(29)26-27-7-5-4-6-8-27)17(2)28(22)14-18-15-31-9-10-32-18/h11-13,18H,4-10,14-15H2,1-3H3,(H,26,29). The van der Waals surface area contributed by atoms with E-state index >= 15 is 0 Å². The first-order valence-electron chi connectivity index (χ1n) is 11.3. The van der Waals surface area contributed by atoms with Crippen LogP contribution in [0.4, 0.5) is 0 Å². The van der Waals surface area contributed by atoms with Gasteiger partial charge in [-0.2, -0.15) is 0 Å². The molecular formula is C24H32ClN3O4. The molecule has 0 aliphatic carbocycles. The Morgan fingerprint density at radius 3 is 2.66 bits per heavy atom. The molecule has 4 rings (SSSR count). The number of ether oxygens (including phenoxy) is 3. The van der Waals surface area contributed by atoms with E-state index in [1.54, 1.807) is 7.11 Å². The summed E-state index contributed by atoms with van der Waals surface area (Å²) in [5.41, 5.74) is 7.27. The summed E-state index contributed by atoms with van der Waals surface area (Å²) in [6.45, 7) is 7.97. The van der Waals surface area contributed by atoms with Crippen molar-refractivity contribution < 1.29 is 19.0 Å². The molecule has 32 heavy (non-hydrogen) atoms. The van der Waals surface area contributed by atoms with E-state index in [-0.39, 0.29) is 12.0 Å². The number of hydrogen-bond acceptors (Lipinski definition) is 5. The SMILES string of the molecule is COc1cc(C)c(Cl)cc1-c1cc(C(=O)NN2CCCCC2)c(C)n1CC1COCCO1. The van der Waals surface area contributed by atoms with Crippen LogP contribution in [0, 0.1) is 13.8 Å². The number of carbonyl (C=O) groups excluding carboxylic acids is 1. The third kappa shape index (κ3) is 4.96. The third-order valence-electron chi connectivity index (χ3n) is 6.25. The van der Waals surface area contributed by atoms with Crippen molar-refractivity contribution in [1.29, 1.82) is 0 Å². The summed E-state index contributed by atoms with van der Waals surface area (Å²) in [6, 6.07) is 5.77. The van der Waals surface area contributed by atoms with Gasteiger partial charge in [0.1, 0.15) is 5.75 Å². The number of carbonyl (C=O) groups is 1. The molecule has 2 aliphatic rings. The van der Waals surface area contributed by atoms with Crippen LogP contribution < -0.4 is 10.2 Å². The van der Waals surface area contributed by atoms with E-state index in [0.717, 1.165) is 54.2 Å². The van der Waals surface area contributed by atoms with Crippen LogP contribution in [0.1, 0.15) is 40.9 Å². The van der Waals surface area contributed by atoms with E-state index < -0.39 is 0 Å². The maximum Gasteiger partial charge on any atom is 0.267 e. The van der Waals surface area contributed by atoms with Crippen LogP contribution in [0.5, 0.6) is 5.75 Å². The highest BCUT2D eigenvalue weighted by molar-refractivity contribution is 6.31. The van der Waals surface area contributed by atoms with Gasteiger partial charge in [0.05, 0.1) is 50.8 Å². The van der Waals surface area contributed by atoms with Gasteiger partial charge in [-0.15, -0.1) is 0 Å². The predicted octanol–water partition coefficient (Wildman–Crippen LogP) is 3.98. The van der Waals surface area contributed by atoms with E-state index in [0.29, 0.717) is 37.0 Å². The first-order chi connectivity index (χ1) is 15.5. The van der Waals surface area contributed by atoms with E-state index in [1.165, 1.54) is 6.42 Å². The number of nitrogens with one attached hydrogen (secondary N) is 1. The van der Waals surface area contributed by atoms with Crippen LogP contribution in [0.25, 0.3) is 11.3 Å². The summed E-state index contributed by atoms with van der Waals surface area (Å²) in [7, 11) is 1.65. The van der Waals surface area contributed by atoms with E-state index in [2.05, 4.69) is 9.99 Å². The minimum atomic E-state index is -0.0950. The molecular weight excluding hydrogens is 430 g/mol. The molecule has 0 spiro atoms. The van der Waals surface area contributed by atoms with Crippen LogP contribution in [0.2, 0.25) is 5.02 Å². The van der Waals surface area contributed by atoms with Crippen molar-refractivity contribution in [2.24, 2.45) is 0 Å². The monoisotopic (exact) mass is 461 g/mol. The fourth-order valence-corrected chi connectivity index (χ4v) is 4.58. The molecule has 1 unspecified atom stereocenters. The number of methoxy groups -OCH3 is 1. The second-order valence-electron chi connectivity index (χ2n) is 8.50. The second-order valence-corrected chi connectivity index (χ2v) is 8.90. The van der Waals surface area contributed by atoms with Crippen LogP contribution in [0.15, 0.2) is 18.2 Å². The molecule has 2 aromatic rings. The van der Waals surface area contributed by atoms with Gasteiger partial charge in [-0.05, 0) is 50.5 Å². The second kappa shape index (κ2) is 10.3. The molecule has 0 saturated carbocycles. The average molecular weight is 462 g/mol. The number of halogens is 1. The fraction of sp³-hybridized carbons (Fsp3) is 0.542. The number of hydrazine groups is 1. The molecule has 7 nitrogen and oxygen atoms in total. The molecule has 1 atom stereocenters. The number of piperidine rings is 1. The quantitative estimate of drug-likeness (QED) is 0.704. The lowest BCUT2D eigenvalue weighted by molar-refractivity contribution is -0.0935. The third-order valence-corrected chi connectivity index (χ3v) is 6.66.